The molecule has 0 nitrogen and oxygen atoms in total. The molecule has 120 valence electrons. The van der Waals surface area contributed by atoms with Crippen LogP contribution in [0, 0.1) is 5.92 Å². The molecule has 0 N–H and O–H groups in total. The van der Waals surface area contributed by atoms with Crippen LogP contribution in [0.5, 0.6) is 0 Å². The van der Waals surface area contributed by atoms with Crippen LogP contribution in [0.2, 0.25) is 32.5 Å². The van der Waals surface area contributed by atoms with Crippen LogP contribution in [-0.4, -0.2) is 8.07 Å². The minimum atomic E-state index is -0.997. The molecule has 3 aliphatic rings. The monoisotopic (exact) mass is 520 g/mol. The molecule has 3 aliphatic carbocycles. The molecule has 3 rings (SSSR count). The van der Waals surface area contributed by atoms with Crippen LogP contribution < -0.4 is 24.8 Å². The minimum Gasteiger partial charge on any atom is -1.00 e. The third-order valence-corrected chi connectivity index (χ3v) is 14.9. The van der Waals surface area contributed by atoms with Gasteiger partial charge in [-0.1, -0.05) is 0 Å². The number of halogens is 2. The number of hydrogen-bond donors (Lipinski definition) is 0. The Balaban J connectivity index is 0.00000121. The zero-order chi connectivity index (χ0) is 14.2. The van der Waals surface area contributed by atoms with E-state index < -0.39 is 31.0 Å². The molecule has 0 spiro atoms. The van der Waals surface area contributed by atoms with Gasteiger partial charge >= 0.3 is 137 Å². The van der Waals surface area contributed by atoms with E-state index in [-0.39, 0.29) is 24.8 Å². The Morgan fingerprint density at radius 1 is 1.09 bits per heavy atom. The number of hydrogen-bond acceptors (Lipinski definition) is 0. The summed E-state index contributed by atoms with van der Waals surface area (Å²) in [4.78, 5) is 0. The molecule has 0 heterocycles. The van der Waals surface area contributed by atoms with E-state index in [1.165, 1.54) is 25.3 Å². The van der Waals surface area contributed by atoms with Crippen LogP contribution in [0.25, 0.3) is 0 Å². The normalized spacial score (nSPS) is 27.5. The van der Waals surface area contributed by atoms with Crippen molar-refractivity contribution < 1.29 is 47.7 Å². The van der Waals surface area contributed by atoms with Gasteiger partial charge in [0.15, 0.2) is 0 Å². The predicted molar refractivity (Wildman–Crippen MR) is 87.4 cm³/mol. The van der Waals surface area contributed by atoms with E-state index in [0.717, 1.165) is 9.59 Å². The van der Waals surface area contributed by atoms with Crippen molar-refractivity contribution in [3.05, 3.63) is 48.1 Å². The Labute approximate surface area is 160 Å². The summed E-state index contributed by atoms with van der Waals surface area (Å²) in [7, 11) is -0.997. The fraction of sp³-hybridized carbons (Fsp3) is 0.556. The summed E-state index contributed by atoms with van der Waals surface area (Å²) in [5.41, 5.74) is 1.85. The van der Waals surface area contributed by atoms with Crippen molar-refractivity contribution in [1.82, 2.24) is 0 Å². The quantitative estimate of drug-likeness (QED) is 0.451. The molecule has 0 aliphatic heterocycles. The van der Waals surface area contributed by atoms with Gasteiger partial charge in [-0.2, -0.15) is 0 Å². The number of fused-ring (bicyclic) bond motifs is 1. The van der Waals surface area contributed by atoms with Crippen molar-refractivity contribution >= 4 is 8.07 Å². The van der Waals surface area contributed by atoms with Crippen LogP contribution in [-0.2, 0) is 22.9 Å². The molecule has 22 heavy (non-hydrogen) atoms. The largest absolute Gasteiger partial charge is 1.00 e. The van der Waals surface area contributed by atoms with Crippen LogP contribution in [0.3, 0.4) is 0 Å². The Bertz CT molecular complexity index is 488. The van der Waals surface area contributed by atoms with Crippen molar-refractivity contribution in [1.29, 1.82) is 0 Å². The first-order chi connectivity index (χ1) is 9.48. The van der Waals surface area contributed by atoms with Crippen LogP contribution in [0.1, 0.15) is 19.3 Å². The van der Waals surface area contributed by atoms with Gasteiger partial charge in [0, 0.05) is 0 Å². The summed E-state index contributed by atoms with van der Waals surface area (Å²) < 4.78 is 1.58. The third-order valence-electron chi connectivity index (χ3n) is 4.69. The summed E-state index contributed by atoms with van der Waals surface area (Å²) in [6, 6.07) is 1.49. The van der Waals surface area contributed by atoms with Gasteiger partial charge in [0.2, 0.25) is 0 Å². The second kappa shape index (κ2) is 8.14. The molecular formula is C18H26Cl2HfSi. The molecular weight excluding hydrogens is 494 g/mol. The van der Waals surface area contributed by atoms with Gasteiger partial charge in [-0.05, 0) is 0 Å². The van der Waals surface area contributed by atoms with Crippen molar-refractivity contribution in [2.24, 2.45) is 5.92 Å². The summed E-state index contributed by atoms with van der Waals surface area (Å²) in [6.07, 6.45) is 21.3. The zero-order valence-electron chi connectivity index (χ0n) is 13.8. The number of allylic oxidation sites excluding steroid dienone is 8. The molecule has 2 unspecified atom stereocenters. The molecule has 4 heteroatoms. The average molecular weight is 520 g/mol. The first-order valence-electron chi connectivity index (χ1n) is 7.99. The van der Waals surface area contributed by atoms with Crippen molar-refractivity contribution in [2.45, 2.75) is 51.8 Å². The van der Waals surface area contributed by atoms with Gasteiger partial charge in [0.05, 0.1) is 0 Å². The Morgan fingerprint density at radius 3 is 2.41 bits per heavy atom. The van der Waals surface area contributed by atoms with Crippen molar-refractivity contribution in [3.63, 3.8) is 0 Å². The maximum absolute atomic E-state index is 2.58. The first-order valence-corrected chi connectivity index (χ1v) is 15.6. The van der Waals surface area contributed by atoms with E-state index in [1.807, 2.05) is 5.57 Å². The summed E-state index contributed by atoms with van der Waals surface area (Å²) in [6.45, 7) is 7.62. The second-order valence-corrected chi connectivity index (χ2v) is 20.2. The standard InChI is InChI=1S/C9H15Si.C9H11.2ClH.Hf/c1-10(2,3)8-9-6-4-5-7-9;1-2-5-9-7-3-6-8(9)4-1;;;/h4-7H,8H2,1-3H3;1-2,4,6,9H,3,5,7H2;2*1H;/q;;;;+2/p-2. The fourth-order valence-corrected chi connectivity index (χ4v) is 19.6. The Morgan fingerprint density at radius 2 is 1.77 bits per heavy atom. The van der Waals surface area contributed by atoms with E-state index >= 15 is 0 Å². The third kappa shape index (κ3) is 4.81. The van der Waals surface area contributed by atoms with E-state index in [2.05, 4.69) is 62.2 Å². The number of rotatable bonds is 4. The van der Waals surface area contributed by atoms with Gasteiger partial charge in [-0.25, -0.2) is 0 Å². The molecule has 2 atom stereocenters. The summed E-state index contributed by atoms with van der Waals surface area (Å²) >= 11 is -0.720. The summed E-state index contributed by atoms with van der Waals surface area (Å²) in [5.74, 6) is 0.913. The fourth-order valence-electron chi connectivity index (χ4n) is 4.05. The SMILES string of the molecule is C[Si](C)(C)C[C]1([Hf+2][CH]2CCC3CC=CC=C32)C=CC=C1.[Cl-].[Cl-]. The smallest absolute Gasteiger partial charge is 1.00 e. The topological polar surface area (TPSA) is 0 Å². The van der Waals surface area contributed by atoms with E-state index in [0.29, 0.717) is 3.17 Å². The van der Waals surface area contributed by atoms with Gasteiger partial charge in [-0.3, -0.25) is 0 Å². The van der Waals surface area contributed by atoms with Crippen LogP contribution >= 0.6 is 0 Å². The second-order valence-electron chi connectivity index (χ2n) is 7.80. The van der Waals surface area contributed by atoms with Gasteiger partial charge in [0.1, 0.15) is 0 Å². The van der Waals surface area contributed by atoms with Gasteiger partial charge < -0.3 is 24.8 Å². The van der Waals surface area contributed by atoms with Crippen molar-refractivity contribution in [2.75, 3.05) is 0 Å². The zero-order valence-corrected chi connectivity index (χ0v) is 19.9. The summed E-state index contributed by atoms with van der Waals surface area (Å²) in [5, 5.41) is 0. The maximum Gasteiger partial charge on any atom is -1.00 e. The van der Waals surface area contributed by atoms with E-state index in [9.17, 15) is 0 Å². The molecule has 0 saturated heterocycles. The molecule has 0 radical (unpaired) electrons. The average Bonchev–Trinajstić information content (AvgIpc) is 2.96. The Hall–Kier alpha value is 0.627. The van der Waals surface area contributed by atoms with Gasteiger partial charge in [0.25, 0.3) is 0 Å². The molecule has 0 bridgehead atoms. The van der Waals surface area contributed by atoms with E-state index in [4.69, 9.17) is 0 Å². The molecule has 0 aromatic heterocycles. The van der Waals surface area contributed by atoms with Crippen LogP contribution in [0.15, 0.2) is 48.1 Å². The molecule has 0 amide bonds. The molecule has 1 saturated carbocycles. The molecule has 0 aromatic rings. The Kier molecular flexibility index (Phi) is 7.65. The van der Waals surface area contributed by atoms with Crippen molar-refractivity contribution in [3.8, 4) is 0 Å². The minimum absolute atomic E-state index is 0. The van der Waals surface area contributed by atoms with Crippen LogP contribution in [0.4, 0.5) is 0 Å². The predicted octanol–water partition coefficient (Wildman–Crippen LogP) is -0.215. The first kappa shape index (κ1) is 20.7. The van der Waals surface area contributed by atoms with Gasteiger partial charge in [-0.15, -0.1) is 0 Å². The molecule has 1 fully saturated rings. The molecule has 0 aromatic carbocycles. The maximum atomic E-state index is 2.58. The van der Waals surface area contributed by atoms with E-state index in [1.54, 1.807) is 0 Å².